The normalized spacial score (nSPS) is 12.4. The summed E-state index contributed by atoms with van der Waals surface area (Å²) in [6.07, 6.45) is 2.69. The van der Waals surface area contributed by atoms with Crippen molar-refractivity contribution in [3.63, 3.8) is 0 Å². The van der Waals surface area contributed by atoms with Crippen LogP contribution in [0.25, 0.3) is 0 Å². The lowest BCUT2D eigenvalue weighted by Gasteiger charge is -2.13. The molecule has 1 unspecified atom stereocenters. The minimum absolute atomic E-state index is 0.00790. The number of amides is 1. The number of nitrogens with zero attached hydrogens (tertiary/aromatic N) is 4. The summed E-state index contributed by atoms with van der Waals surface area (Å²) in [4.78, 5) is 12.0. The van der Waals surface area contributed by atoms with Crippen molar-refractivity contribution in [3.8, 4) is 0 Å². The molecule has 0 aliphatic rings. The topological polar surface area (TPSA) is 64.7 Å². The molecule has 0 spiro atoms. The van der Waals surface area contributed by atoms with Gasteiger partial charge < -0.3 is 5.32 Å². The molecule has 0 aromatic carbocycles. The molecule has 1 atom stereocenters. The van der Waals surface area contributed by atoms with Crippen molar-refractivity contribution in [2.45, 2.75) is 46.7 Å². The van der Waals surface area contributed by atoms with Gasteiger partial charge in [0.2, 0.25) is 5.91 Å². The molecular formula is C15H23N5O. The molecular weight excluding hydrogens is 266 g/mol. The Bertz CT molecular complexity index is 613. The molecule has 0 radical (unpaired) electrons. The first kappa shape index (κ1) is 15.3. The average Bonchev–Trinajstić information content (AvgIpc) is 2.99. The Morgan fingerprint density at radius 3 is 2.62 bits per heavy atom. The number of hydrogen-bond acceptors (Lipinski definition) is 3. The summed E-state index contributed by atoms with van der Waals surface area (Å²) in [5.74, 6) is -0.00790. The van der Waals surface area contributed by atoms with Crippen LogP contribution in [-0.2, 0) is 11.3 Å². The van der Waals surface area contributed by atoms with Gasteiger partial charge in [0.25, 0.3) is 0 Å². The maximum absolute atomic E-state index is 12.0. The van der Waals surface area contributed by atoms with Gasteiger partial charge in [-0.15, -0.1) is 0 Å². The van der Waals surface area contributed by atoms with Gasteiger partial charge in [-0.05, 0) is 46.2 Å². The van der Waals surface area contributed by atoms with E-state index in [4.69, 9.17) is 0 Å². The minimum atomic E-state index is -0.285. The number of aromatic nitrogens is 4. The molecule has 114 valence electrons. The maximum Gasteiger partial charge on any atom is 0.244 e. The first-order valence-electron chi connectivity index (χ1n) is 7.28. The zero-order valence-electron chi connectivity index (χ0n) is 13.1. The molecule has 21 heavy (non-hydrogen) atoms. The fourth-order valence-electron chi connectivity index (χ4n) is 2.26. The third-order valence-corrected chi connectivity index (χ3v) is 3.47. The van der Waals surface area contributed by atoms with Crippen LogP contribution in [0.2, 0.25) is 0 Å². The van der Waals surface area contributed by atoms with E-state index >= 15 is 0 Å². The van der Waals surface area contributed by atoms with Gasteiger partial charge in [0.05, 0.1) is 11.4 Å². The van der Waals surface area contributed by atoms with E-state index in [0.717, 1.165) is 30.0 Å². The van der Waals surface area contributed by atoms with Crippen molar-refractivity contribution < 1.29 is 4.79 Å². The lowest BCUT2D eigenvalue weighted by molar-refractivity contribution is -0.124. The smallest absolute Gasteiger partial charge is 0.244 e. The van der Waals surface area contributed by atoms with Crippen LogP contribution in [0.15, 0.2) is 18.3 Å². The van der Waals surface area contributed by atoms with E-state index in [9.17, 15) is 4.79 Å². The SMILES string of the molecule is Cc1ccn(C(C)C(=O)NCCCn2nc(C)cc2C)n1. The Labute approximate surface area is 125 Å². The van der Waals surface area contributed by atoms with Crippen LogP contribution < -0.4 is 5.32 Å². The second kappa shape index (κ2) is 6.56. The van der Waals surface area contributed by atoms with Gasteiger partial charge >= 0.3 is 0 Å². The average molecular weight is 289 g/mol. The van der Waals surface area contributed by atoms with E-state index in [1.807, 2.05) is 44.6 Å². The van der Waals surface area contributed by atoms with Crippen molar-refractivity contribution >= 4 is 5.91 Å². The molecule has 0 fully saturated rings. The monoisotopic (exact) mass is 289 g/mol. The zero-order chi connectivity index (χ0) is 15.4. The van der Waals surface area contributed by atoms with E-state index < -0.39 is 0 Å². The standard InChI is InChI=1S/C15H23N5O/c1-11-6-9-20(17-11)14(4)15(21)16-7-5-8-19-13(3)10-12(2)18-19/h6,9-10,14H,5,7-8H2,1-4H3,(H,16,21). The molecule has 6 heteroatoms. The molecule has 0 saturated carbocycles. The predicted molar refractivity (Wildman–Crippen MR) is 81.0 cm³/mol. The van der Waals surface area contributed by atoms with Crippen molar-refractivity contribution in [3.05, 3.63) is 35.4 Å². The van der Waals surface area contributed by atoms with E-state index in [1.54, 1.807) is 4.68 Å². The van der Waals surface area contributed by atoms with Gasteiger partial charge in [0.1, 0.15) is 6.04 Å². The van der Waals surface area contributed by atoms with Crippen LogP contribution in [-0.4, -0.2) is 32.0 Å². The molecule has 0 aliphatic carbocycles. The van der Waals surface area contributed by atoms with Crippen LogP contribution in [0.5, 0.6) is 0 Å². The Morgan fingerprint density at radius 2 is 2.05 bits per heavy atom. The van der Waals surface area contributed by atoms with E-state index in [2.05, 4.69) is 21.6 Å². The van der Waals surface area contributed by atoms with Gasteiger partial charge in [-0.2, -0.15) is 10.2 Å². The summed E-state index contributed by atoms with van der Waals surface area (Å²) in [5.41, 5.74) is 3.09. The lowest BCUT2D eigenvalue weighted by atomic mass is 10.3. The summed E-state index contributed by atoms with van der Waals surface area (Å²) < 4.78 is 3.66. The minimum Gasteiger partial charge on any atom is -0.354 e. The van der Waals surface area contributed by atoms with Crippen molar-refractivity contribution in [2.75, 3.05) is 6.54 Å². The van der Waals surface area contributed by atoms with Crippen molar-refractivity contribution in [1.29, 1.82) is 0 Å². The van der Waals surface area contributed by atoms with Gasteiger partial charge in [-0.1, -0.05) is 0 Å². The molecule has 2 aromatic heterocycles. The third-order valence-electron chi connectivity index (χ3n) is 3.47. The molecule has 6 nitrogen and oxygen atoms in total. The van der Waals surface area contributed by atoms with Crippen LogP contribution in [0, 0.1) is 20.8 Å². The molecule has 2 heterocycles. The lowest BCUT2D eigenvalue weighted by Crippen LogP contribution is -2.32. The number of hydrogen-bond donors (Lipinski definition) is 1. The van der Waals surface area contributed by atoms with Crippen LogP contribution in [0.1, 0.15) is 36.5 Å². The van der Waals surface area contributed by atoms with Crippen LogP contribution >= 0.6 is 0 Å². The largest absolute Gasteiger partial charge is 0.354 e. The highest BCUT2D eigenvalue weighted by Gasteiger charge is 2.14. The van der Waals surface area contributed by atoms with Crippen LogP contribution in [0.4, 0.5) is 0 Å². The third kappa shape index (κ3) is 3.93. The fraction of sp³-hybridized carbons (Fsp3) is 0.533. The van der Waals surface area contributed by atoms with Gasteiger partial charge in [0.15, 0.2) is 0 Å². The maximum atomic E-state index is 12.0. The first-order valence-corrected chi connectivity index (χ1v) is 7.28. The molecule has 1 amide bonds. The van der Waals surface area contributed by atoms with Crippen LogP contribution in [0.3, 0.4) is 0 Å². The number of carbonyl (C=O) groups is 1. The molecule has 2 aromatic rings. The highest BCUT2D eigenvalue weighted by Crippen LogP contribution is 2.06. The van der Waals surface area contributed by atoms with Crippen molar-refractivity contribution in [2.24, 2.45) is 0 Å². The summed E-state index contributed by atoms with van der Waals surface area (Å²) in [5, 5.41) is 11.6. The summed E-state index contributed by atoms with van der Waals surface area (Å²) in [6, 6.07) is 3.67. The summed E-state index contributed by atoms with van der Waals surface area (Å²) >= 11 is 0. The second-order valence-corrected chi connectivity index (χ2v) is 5.41. The number of rotatable bonds is 6. The molecule has 0 saturated heterocycles. The molecule has 1 N–H and O–H groups in total. The van der Waals surface area contributed by atoms with Crippen molar-refractivity contribution in [1.82, 2.24) is 24.9 Å². The Morgan fingerprint density at radius 1 is 1.29 bits per heavy atom. The second-order valence-electron chi connectivity index (χ2n) is 5.41. The Hall–Kier alpha value is -2.11. The summed E-state index contributed by atoms with van der Waals surface area (Å²) in [6.45, 7) is 9.25. The number of aryl methyl sites for hydroxylation is 4. The zero-order valence-corrected chi connectivity index (χ0v) is 13.1. The predicted octanol–water partition coefficient (Wildman–Crippen LogP) is 1.77. The highest BCUT2D eigenvalue weighted by molar-refractivity contribution is 5.79. The van der Waals surface area contributed by atoms with E-state index in [-0.39, 0.29) is 11.9 Å². The highest BCUT2D eigenvalue weighted by atomic mass is 16.2. The first-order chi connectivity index (χ1) is 9.97. The molecule has 2 rings (SSSR count). The van der Waals surface area contributed by atoms with E-state index in [1.165, 1.54) is 0 Å². The fourth-order valence-corrected chi connectivity index (χ4v) is 2.26. The summed E-state index contributed by atoms with van der Waals surface area (Å²) in [7, 11) is 0. The van der Waals surface area contributed by atoms with E-state index in [0.29, 0.717) is 6.54 Å². The van der Waals surface area contributed by atoms with Gasteiger partial charge in [0, 0.05) is 25.0 Å². The number of nitrogens with one attached hydrogen (secondary N) is 1. The molecule has 0 aliphatic heterocycles. The Kier molecular flexibility index (Phi) is 4.77. The number of carbonyl (C=O) groups excluding carboxylic acids is 1. The molecule has 0 bridgehead atoms. The van der Waals surface area contributed by atoms with Gasteiger partial charge in [-0.3, -0.25) is 14.2 Å². The van der Waals surface area contributed by atoms with Gasteiger partial charge in [-0.25, -0.2) is 0 Å². The quantitative estimate of drug-likeness (QED) is 0.824. The Balaban J connectivity index is 1.75.